The van der Waals surface area contributed by atoms with Crippen LogP contribution in [0, 0.1) is 0 Å². The molecule has 0 amide bonds. The SMILES string of the molecule is CCOC(=O)c1ccoc1CSc1nnc(Nc2ccc(Oc3ccccc3)cc2)s1. The second-order valence-corrected chi connectivity index (χ2v) is 8.40. The molecule has 158 valence electrons. The number of esters is 1. The van der Waals surface area contributed by atoms with E-state index in [1.807, 2.05) is 54.6 Å². The molecule has 0 unspecified atom stereocenters. The van der Waals surface area contributed by atoms with Crippen LogP contribution < -0.4 is 10.1 Å². The molecule has 7 nitrogen and oxygen atoms in total. The lowest BCUT2D eigenvalue weighted by atomic mass is 10.3. The first-order valence-electron chi connectivity index (χ1n) is 9.51. The number of anilines is 2. The minimum atomic E-state index is -0.383. The van der Waals surface area contributed by atoms with Crippen molar-refractivity contribution in [3.63, 3.8) is 0 Å². The Kier molecular flexibility index (Phi) is 6.85. The normalized spacial score (nSPS) is 10.6. The Balaban J connectivity index is 1.32. The molecule has 9 heteroatoms. The number of ether oxygens (including phenoxy) is 2. The summed E-state index contributed by atoms with van der Waals surface area (Å²) in [5.41, 5.74) is 1.32. The highest BCUT2D eigenvalue weighted by atomic mass is 32.2. The number of rotatable bonds is 9. The van der Waals surface area contributed by atoms with Crippen molar-refractivity contribution >= 4 is 39.9 Å². The lowest BCUT2D eigenvalue weighted by molar-refractivity contribution is 0.0524. The zero-order valence-electron chi connectivity index (χ0n) is 16.6. The lowest BCUT2D eigenvalue weighted by Crippen LogP contribution is -2.05. The summed E-state index contributed by atoms with van der Waals surface area (Å²) in [4.78, 5) is 11.9. The van der Waals surface area contributed by atoms with E-state index in [1.165, 1.54) is 29.4 Å². The zero-order chi connectivity index (χ0) is 21.5. The van der Waals surface area contributed by atoms with Gasteiger partial charge in [0.15, 0.2) is 4.34 Å². The average molecular weight is 454 g/mol. The highest BCUT2D eigenvalue weighted by Gasteiger charge is 2.17. The standard InChI is InChI=1S/C22H19N3O4S2/c1-2-27-20(26)18-12-13-28-19(18)14-30-22-25-24-21(31-22)23-15-8-10-17(11-9-15)29-16-6-4-3-5-7-16/h3-13H,2,14H2,1H3,(H,23,24). The van der Waals surface area contributed by atoms with E-state index in [-0.39, 0.29) is 5.97 Å². The summed E-state index contributed by atoms with van der Waals surface area (Å²) in [6.45, 7) is 2.09. The monoisotopic (exact) mass is 453 g/mol. The van der Waals surface area contributed by atoms with Gasteiger partial charge in [0.05, 0.1) is 18.6 Å². The predicted molar refractivity (Wildman–Crippen MR) is 120 cm³/mol. The number of benzene rings is 2. The van der Waals surface area contributed by atoms with Crippen molar-refractivity contribution < 1.29 is 18.7 Å². The largest absolute Gasteiger partial charge is 0.468 e. The predicted octanol–water partition coefficient (Wildman–Crippen LogP) is 6.14. The van der Waals surface area contributed by atoms with Gasteiger partial charge in [0.2, 0.25) is 5.13 Å². The van der Waals surface area contributed by atoms with Gasteiger partial charge in [-0.2, -0.15) is 0 Å². The van der Waals surface area contributed by atoms with Crippen molar-refractivity contribution in [1.82, 2.24) is 10.2 Å². The molecule has 31 heavy (non-hydrogen) atoms. The third-order valence-electron chi connectivity index (χ3n) is 4.06. The van der Waals surface area contributed by atoms with Gasteiger partial charge in [-0.15, -0.1) is 10.2 Å². The number of furan rings is 1. The molecule has 0 aliphatic heterocycles. The quantitative estimate of drug-likeness (QED) is 0.239. The molecule has 0 bridgehead atoms. The first-order valence-corrected chi connectivity index (χ1v) is 11.3. The van der Waals surface area contributed by atoms with Crippen LogP contribution in [0.1, 0.15) is 23.0 Å². The average Bonchev–Trinajstić information content (AvgIpc) is 3.44. The van der Waals surface area contributed by atoms with Crippen LogP contribution in [0.25, 0.3) is 0 Å². The second kappa shape index (κ2) is 10.1. The number of carbonyl (C=O) groups is 1. The minimum absolute atomic E-state index is 0.321. The Bertz CT molecular complexity index is 1130. The fourth-order valence-electron chi connectivity index (χ4n) is 2.64. The number of hydrogen-bond acceptors (Lipinski definition) is 9. The summed E-state index contributed by atoms with van der Waals surface area (Å²) < 4.78 is 17.0. The van der Waals surface area contributed by atoms with Crippen LogP contribution in [0.2, 0.25) is 0 Å². The fraction of sp³-hybridized carbons (Fsp3) is 0.136. The number of hydrogen-bond donors (Lipinski definition) is 1. The topological polar surface area (TPSA) is 86.5 Å². The van der Waals surface area contributed by atoms with Gasteiger partial charge in [0.1, 0.15) is 22.8 Å². The van der Waals surface area contributed by atoms with E-state index in [9.17, 15) is 4.79 Å². The van der Waals surface area contributed by atoms with Crippen LogP contribution in [0.5, 0.6) is 11.5 Å². The molecule has 0 aliphatic carbocycles. The number of thioether (sulfide) groups is 1. The van der Waals surface area contributed by atoms with Crippen LogP contribution in [0.3, 0.4) is 0 Å². The molecule has 0 atom stereocenters. The molecule has 1 N–H and O–H groups in total. The molecule has 0 saturated heterocycles. The Hall–Kier alpha value is -3.30. The van der Waals surface area contributed by atoms with Gasteiger partial charge in [-0.05, 0) is 49.4 Å². The molecular weight excluding hydrogens is 434 g/mol. The number of carbonyl (C=O) groups excluding carboxylic acids is 1. The van der Waals surface area contributed by atoms with Crippen molar-refractivity contribution in [3.05, 3.63) is 78.3 Å². The molecule has 0 fully saturated rings. The number of nitrogens with zero attached hydrogens (tertiary/aromatic N) is 2. The van der Waals surface area contributed by atoms with Crippen molar-refractivity contribution in [2.75, 3.05) is 11.9 Å². The molecule has 0 spiro atoms. The van der Waals surface area contributed by atoms with Crippen LogP contribution >= 0.6 is 23.1 Å². The first kappa shape index (κ1) is 21.0. The maximum atomic E-state index is 11.9. The summed E-state index contributed by atoms with van der Waals surface area (Å²) in [7, 11) is 0. The maximum absolute atomic E-state index is 11.9. The maximum Gasteiger partial charge on any atom is 0.341 e. The molecular formula is C22H19N3O4S2. The zero-order valence-corrected chi connectivity index (χ0v) is 18.2. The third kappa shape index (κ3) is 5.65. The molecule has 0 radical (unpaired) electrons. The number of nitrogens with one attached hydrogen (secondary N) is 1. The lowest BCUT2D eigenvalue weighted by Gasteiger charge is -2.06. The highest BCUT2D eigenvalue weighted by Crippen LogP contribution is 2.31. The molecule has 2 aromatic carbocycles. The summed E-state index contributed by atoms with van der Waals surface area (Å²) in [5, 5.41) is 12.3. The van der Waals surface area contributed by atoms with Gasteiger partial charge < -0.3 is 19.2 Å². The van der Waals surface area contributed by atoms with Crippen molar-refractivity contribution in [2.45, 2.75) is 17.0 Å². The van der Waals surface area contributed by atoms with E-state index in [2.05, 4.69) is 15.5 Å². The molecule has 0 aliphatic rings. The van der Waals surface area contributed by atoms with Crippen molar-refractivity contribution in [2.24, 2.45) is 0 Å². The number of para-hydroxylation sites is 1. The Labute approximate surface area is 187 Å². The van der Waals surface area contributed by atoms with E-state index < -0.39 is 0 Å². The highest BCUT2D eigenvalue weighted by molar-refractivity contribution is 8.00. The van der Waals surface area contributed by atoms with E-state index in [0.717, 1.165) is 21.5 Å². The second-order valence-electron chi connectivity index (χ2n) is 6.20. The van der Waals surface area contributed by atoms with Gasteiger partial charge in [-0.25, -0.2) is 4.79 Å². The van der Waals surface area contributed by atoms with Gasteiger partial charge in [-0.1, -0.05) is 41.3 Å². The summed E-state index contributed by atoms with van der Waals surface area (Å²) in [6.07, 6.45) is 1.49. The molecule has 4 aromatic rings. The van der Waals surface area contributed by atoms with Gasteiger partial charge in [0.25, 0.3) is 0 Å². The molecule has 0 saturated carbocycles. The van der Waals surface area contributed by atoms with E-state index in [4.69, 9.17) is 13.9 Å². The van der Waals surface area contributed by atoms with E-state index in [1.54, 1.807) is 13.0 Å². The van der Waals surface area contributed by atoms with Crippen LogP contribution in [0.15, 0.2) is 75.7 Å². The van der Waals surface area contributed by atoms with Gasteiger partial charge >= 0.3 is 5.97 Å². The van der Waals surface area contributed by atoms with Crippen molar-refractivity contribution in [3.8, 4) is 11.5 Å². The van der Waals surface area contributed by atoms with Gasteiger partial charge in [0, 0.05) is 5.69 Å². The smallest absolute Gasteiger partial charge is 0.341 e. The van der Waals surface area contributed by atoms with Crippen LogP contribution in [-0.4, -0.2) is 22.8 Å². The first-order chi connectivity index (χ1) is 15.2. The number of aromatic nitrogens is 2. The fourth-order valence-corrected chi connectivity index (χ4v) is 4.37. The summed E-state index contributed by atoms with van der Waals surface area (Å²) >= 11 is 2.87. The van der Waals surface area contributed by atoms with Crippen molar-refractivity contribution in [1.29, 1.82) is 0 Å². The molecule has 2 heterocycles. The Morgan fingerprint density at radius 1 is 1.06 bits per heavy atom. The van der Waals surface area contributed by atoms with Crippen LogP contribution in [-0.2, 0) is 10.5 Å². The van der Waals surface area contributed by atoms with Gasteiger partial charge in [-0.3, -0.25) is 0 Å². The minimum Gasteiger partial charge on any atom is -0.468 e. The summed E-state index contributed by atoms with van der Waals surface area (Å²) in [6, 6.07) is 18.9. The molecule has 2 aromatic heterocycles. The Morgan fingerprint density at radius 3 is 2.61 bits per heavy atom. The van der Waals surface area contributed by atoms with E-state index >= 15 is 0 Å². The van der Waals surface area contributed by atoms with E-state index in [0.29, 0.717) is 28.8 Å². The molecule has 4 rings (SSSR count). The third-order valence-corrected chi connectivity index (χ3v) is 6.03. The Morgan fingerprint density at radius 2 is 1.84 bits per heavy atom. The van der Waals surface area contributed by atoms with Crippen LogP contribution in [0.4, 0.5) is 10.8 Å². The summed E-state index contributed by atoms with van der Waals surface area (Å²) in [5.74, 6) is 2.17.